The number of benzene rings is 2. The van der Waals surface area contributed by atoms with Gasteiger partial charge in [-0.2, -0.15) is 4.31 Å². The van der Waals surface area contributed by atoms with E-state index >= 15 is 0 Å². The van der Waals surface area contributed by atoms with E-state index in [0.29, 0.717) is 18.1 Å². The monoisotopic (exact) mass is 427 g/mol. The van der Waals surface area contributed by atoms with Gasteiger partial charge in [0.2, 0.25) is 15.9 Å². The standard InChI is InChI=1S/C18H19Cl2N3O3S/c19-14-7-5-13(6-8-14)17(18(21)24)22-9-11-23(12-10-22)27(25,26)16-4-2-1-3-15(16)20/h1-8,17H,9-12H2,(H2,21,24)/t17-/m0/s1. The normalized spacial score (nSPS) is 17.6. The first-order chi connectivity index (χ1) is 12.8. The van der Waals surface area contributed by atoms with E-state index < -0.39 is 22.0 Å². The van der Waals surface area contributed by atoms with Crippen molar-refractivity contribution in [3.8, 4) is 0 Å². The van der Waals surface area contributed by atoms with E-state index in [-0.39, 0.29) is 23.0 Å². The Bertz CT molecular complexity index is 927. The van der Waals surface area contributed by atoms with Crippen LogP contribution in [0.15, 0.2) is 53.4 Å². The number of rotatable bonds is 5. The highest BCUT2D eigenvalue weighted by atomic mass is 35.5. The first-order valence-electron chi connectivity index (χ1n) is 8.34. The van der Waals surface area contributed by atoms with Crippen LogP contribution < -0.4 is 5.73 Å². The topological polar surface area (TPSA) is 83.7 Å². The molecule has 2 aromatic rings. The third-order valence-corrected chi connectivity index (χ3v) is 7.20. The van der Waals surface area contributed by atoms with Crippen molar-refractivity contribution in [2.24, 2.45) is 5.73 Å². The average Bonchev–Trinajstić information content (AvgIpc) is 2.64. The molecule has 0 saturated carbocycles. The SMILES string of the molecule is NC(=O)[C@H](c1ccc(Cl)cc1)N1CCN(S(=O)(=O)c2ccccc2Cl)CC1. The molecule has 6 nitrogen and oxygen atoms in total. The molecule has 2 N–H and O–H groups in total. The van der Waals surface area contributed by atoms with Crippen LogP contribution in [0.5, 0.6) is 0 Å². The van der Waals surface area contributed by atoms with Gasteiger partial charge >= 0.3 is 0 Å². The second-order valence-electron chi connectivity index (χ2n) is 6.23. The van der Waals surface area contributed by atoms with Gasteiger partial charge < -0.3 is 5.73 Å². The lowest BCUT2D eigenvalue weighted by Gasteiger charge is -2.37. The first kappa shape index (κ1) is 20.1. The van der Waals surface area contributed by atoms with Crippen LogP contribution in [0.4, 0.5) is 0 Å². The highest BCUT2D eigenvalue weighted by molar-refractivity contribution is 7.89. The van der Waals surface area contributed by atoms with E-state index in [1.54, 1.807) is 42.5 Å². The maximum Gasteiger partial charge on any atom is 0.244 e. The van der Waals surface area contributed by atoms with Crippen molar-refractivity contribution in [3.63, 3.8) is 0 Å². The summed E-state index contributed by atoms with van der Waals surface area (Å²) in [6.45, 7) is 1.23. The number of primary amides is 1. The number of sulfonamides is 1. The second-order valence-corrected chi connectivity index (χ2v) is 8.98. The smallest absolute Gasteiger partial charge is 0.244 e. The zero-order valence-corrected chi connectivity index (χ0v) is 16.7. The summed E-state index contributed by atoms with van der Waals surface area (Å²) in [5.41, 5.74) is 6.34. The molecule has 27 heavy (non-hydrogen) atoms. The summed E-state index contributed by atoms with van der Waals surface area (Å²) in [6.07, 6.45) is 0. The fourth-order valence-electron chi connectivity index (χ4n) is 3.20. The van der Waals surface area contributed by atoms with E-state index in [4.69, 9.17) is 28.9 Å². The molecule has 1 saturated heterocycles. The zero-order valence-electron chi connectivity index (χ0n) is 14.4. The minimum Gasteiger partial charge on any atom is -0.368 e. The van der Waals surface area contributed by atoms with Gasteiger partial charge in [-0.25, -0.2) is 8.42 Å². The van der Waals surface area contributed by atoms with E-state index in [1.165, 1.54) is 10.4 Å². The van der Waals surface area contributed by atoms with Gasteiger partial charge in [-0.1, -0.05) is 47.5 Å². The van der Waals surface area contributed by atoms with E-state index in [2.05, 4.69) is 0 Å². The molecule has 1 aliphatic rings. The lowest BCUT2D eigenvalue weighted by Crippen LogP contribution is -2.51. The average molecular weight is 428 g/mol. The summed E-state index contributed by atoms with van der Waals surface area (Å²) >= 11 is 12.0. The number of hydrogen-bond donors (Lipinski definition) is 1. The fourth-order valence-corrected chi connectivity index (χ4v) is 5.24. The molecule has 1 amide bonds. The number of piperazine rings is 1. The fraction of sp³-hybridized carbons (Fsp3) is 0.278. The molecule has 0 aromatic heterocycles. The molecule has 2 aromatic carbocycles. The highest BCUT2D eigenvalue weighted by Crippen LogP contribution is 2.28. The summed E-state index contributed by atoms with van der Waals surface area (Å²) in [6, 6.07) is 12.6. The molecule has 1 atom stereocenters. The third kappa shape index (κ3) is 4.28. The number of halogens is 2. The molecule has 0 spiro atoms. The predicted molar refractivity (Wildman–Crippen MR) is 105 cm³/mol. The van der Waals surface area contributed by atoms with Crippen LogP contribution in [0.2, 0.25) is 10.0 Å². The maximum absolute atomic E-state index is 12.8. The Kier molecular flexibility index (Phi) is 6.08. The molecule has 144 valence electrons. The molecular weight excluding hydrogens is 409 g/mol. The predicted octanol–water partition coefficient (Wildman–Crippen LogP) is 2.53. The first-order valence-corrected chi connectivity index (χ1v) is 10.5. The van der Waals surface area contributed by atoms with Crippen molar-refractivity contribution in [3.05, 3.63) is 64.1 Å². The van der Waals surface area contributed by atoms with E-state index in [0.717, 1.165) is 5.56 Å². The minimum absolute atomic E-state index is 0.0873. The molecule has 3 rings (SSSR count). The lowest BCUT2D eigenvalue weighted by atomic mass is 10.0. The van der Waals surface area contributed by atoms with Crippen LogP contribution in [-0.2, 0) is 14.8 Å². The van der Waals surface area contributed by atoms with Crippen molar-refractivity contribution in [2.45, 2.75) is 10.9 Å². The Morgan fingerprint density at radius 1 is 0.963 bits per heavy atom. The van der Waals surface area contributed by atoms with Gasteiger partial charge in [0.25, 0.3) is 0 Å². The van der Waals surface area contributed by atoms with E-state index in [1.807, 2.05) is 4.90 Å². The zero-order chi connectivity index (χ0) is 19.6. The van der Waals surface area contributed by atoms with Gasteiger partial charge in [0, 0.05) is 31.2 Å². The number of nitrogens with two attached hydrogens (primary N) is 1. The van der Waals surface area contributed by atoms with Crippen LogP contribution in [-0.4, -0.2) is 49.7 Å². The Hall–Kier alpha value is -1.64. The van der Waals surface area contributed by atoms with Crippen molar-refractivity contribution in [2.75, 3.05) is 26.2 Å². The molecule has 1 fully saturated rings. The molecular formula is C18H19Cl2N3O3S. The van der Waals surface area contributed by atoms with Crippen molar-refractivity contribution in [1.29, 1.82) is 0 Å². The van der Waals surface area contributed by atoms with Gasteiger partial charge in [-0.3, -0.25) is 9.69 Å². The number of hydrogen-bond acceptors (Lipinski definition) is 4. The number of carbonyl (C=O) groups is 1. The molecule has 0 aliphatic carbocycles. The molecule has 0 unspecified atom stereocenters. The lowest BCUT2D eigenvalue weighted by molar-refractivity contribution is -0.124. The maximum atomic E-state index is 12.8. The molecule has 1 heterocycles. The van der Waals surface area contributed by atoms with Gasteiger partial charge in [-0.05, 0) is 29.8 Å². The Balaban J connectivity index is 1.76. The molecule has 0 radical (unpaired) electrons. The van der Waals surface area contributed by atoms with Gasteiger partial charge in [0.1, 0.15) is 10.9 Å². The molecule has 1 aliphatic heterocycles. The van der Waals surface area contributed by atoms with Crippen LogP contribution in [0.3, 0.4) is 0 Å². The summed E-state index contributed by atoms with van der Waals surface area (Å²) < 4.78 is 27.1. The summed E-state index contributed by atoms with van der Waals surface area (Å²) in [7, 11) is -3.69. The number of nitrogens with zero attached hydrogens (tertiary/aromatic N) is 2. The molecule has 9 heteroatoms. The summed E-state index contributed by atoms with van der Waals surface area (Å²) in [5, 5.41) is 0.758. The van der Waals surface area contributed by atoms with Crippen LogP contribution in [0, 0.1) is 0 Å². The second kappa shape index (κ2) is 8.16. The Morgan fingerprint density at radius 3 is 2.11 bits per heavy atom. The van der Waals surface area contributed by atoms with Crippen molar-refractivity contribution < 1.29 is 13.2 Å². The quantitative estimate of drug-likeness (QED) is 0.794. The Labute approximate surface area is 168 Å². The molecule has 0 bridgehead atoms. The van der Waals surface area contributed by atoms with Crippen LogP contribution >= 0.6 is 23.2 Å². The van der Waals surface area contributed by atoms with Gasteiger partial charge in [0.15, 0.2) is 0 Å². The summed E-state index contributed by atoms with van der Waals surface area (Å²) in [4.78, 5) is 14.0. The van der Waals surface area contributed by atoms with Gasteiger partial charge in [0.05, 0.1) is 5.02 Å². The minimum atomic E-state index is -3.69. The third-order valence-electron chi connectivity index (χ3n) is 4.55. The highest BCUT2D eigenvalue weighted by Gasteiger charge is 2.34. The van der Waals surface area contributed by atoms with Crippen molar-refractivity contribution in [1.82, 2.24) is 9.21 Å². The van der Waals surface area contributed by atoms with Crippen LogP contribution in [0.25, 0.3) is 0 Å². The summed E-state index contributed by atoms with van der Waals surface area (Å²) in [5.74, 6) is -0.486. The van der Waals surface area contributed by atoms with Gasteiger partial charge in [-0.15, -0.1) is 0 Å². The number of carbonyl (C=O) groups excluding carboxylic acids is 1. The van der Waals surface area contributed by atoms with Crippen LogP contribution in [0.1, 0.15) is 11.6 Å². The Morgan fingerprint density at radius 2 is 1.56 bits per heavy atom. The largest absolute Gasteiger partial charge is 0.368 e. The van der Waals surface area contributed by atoms with E-state index in [9.17, 15) is 13.2 Å². The number of amides is 1. The van der Waals surface area contributed by atoms with Crippen molar-refractivity contribution >= 4 is 39.1 Å².